The van der Waals surface area contributed by atoms with E-state index in [0.717, 1.165) is 0 Å². The molecule has 0 saturated carbocycles. The Bertz CT molecular complexity index is 458. The van der Waals surface area contributed by atoms with Crippen molar-refractivity contribution in [1.29, 1.82) is 0 Å². The van der Waals surface area contributed by atoms with Crippen LogP contribution in [0.2, 0.25) is 0 Å². The number of rotatable bonds is 2. The highest BCUT2D eigenvalue weighted by atomic mass is 32.2. The number of carbonyl (C=O) groups excluding carboxylic acids is 2. The van der Waals surface area contributed by atoms with E-state index in [1.54, 1.807) is 4.90 Å². The molecule has 2 heterocycles. The molecule has 0 aromatic carbocycles. The van der Waals surface area contributed by atoms with Gasteiger partial charge < -0.3 is 10.2 Å². The van der Waals surface area contributed by atoms with Gasteiger partial charge in [-0.3, -0.25) is 9.59 Å². The van der Waals surface area contributed by atoms with Crippen molar-refractivity contribution in [1.82, 2.24) is 14.5 Å². The van der Waals surface area contributed by atoms with Crippen LogP contribution >= 0.6 is 0 Å². The van der Waals surface area contributed by atoms with E-state index >= 15 is 0 Å². The van der Waals surface area contributed by atoms with E-state index in [4.69, 9.17) is 0 Å². The number of sulfonamides is 1. The van der Waals surface area contributed by atoms with Gasteiger partial charge in [-0.1, -0.05) is 0 Å². The molecule has 2 aliphatic heterocycles. The third-order valence-corrected chi connectivity index (χ3v) is 4.94. The SMILES string of the molecule is CS(=O)(=O)N1CCN(C(=O)[C@@H]2CCC(=O)NC2)CC1. The fourth-order valence-electron chi connectivity index (χ4n) is 2.44. The Morgan fingerprint density at radius 3 is 2.37 bits per heavy atom. The Balaban J connectivity index is 1.87. The number of nitrogens with zero attached hydrogens (tertiary/aromatic N) is 2. The van der Waals surface area contributed by atoms with Gasteiger partial charge in [0.1, 0.15) is 0 Å². The standard InChI is InChI=1S/C11H19N3O4S/c1-19(17,18)14-6-4-13(5-7-14)11(16)9-2-3-10(15)12-8-9/h9H,2-8H2,1H3,(H,12,15)/t9-/m1/s1. The van der Waals surface area contributed by atoms with E-state index in [0.29, 0.717) is 45.6 Å². The highest BCUT2D eigenvalue weighted by Gasteiger charge is 2.31. The first-order chi connectivity index (χ1) is 8.88. The third kappa shape index (κ3) is 3.44. The topological polar surface area (TPSA) is 86.8 Å². The van der Waals surface area contributed by atoms with Gasteiger partial charge >= 0.3 is 0 Å². The summed E-state index contributed by atoms with van der Waals surface area (Å²) in [6.45, 7) is 1.95. The molecule has 1 atom stereocenters. The minimum atomic E-state index is -3.17. The second-order valence-electron chi connectivity index (χ2n) is 5.03. The first kappa shape index (κ1) is 14.3. The molecule has 2 amide bonds. The van der Waals surface area contributed by atoms with Gasteiger partial charge in [0, 0.05) is 39.1 Å². The number of hydrogen-bond donors (Lipinski definition) is 1. The van der Waals surface area contributed by atoms with E-state index in [-0.39, 0.29) is 17.7 Å². The summed E-state index contributed by atoms with van der Waals surface area (Å²) in [5.41, 5.74) is 0. The van der Waals surface area contributed by atoms with Crippen molar-refractivity contribution in [3.63, 3.8) is 0 Å². The molecule has 2 aliphatic rings. The average molecular weight is 289 g/mol. The largest absolute Gasteiger partial charge is 0.355 e. The van der Waals surface area contributed by atoms with Gasteiger partial charge in [0.25, 0.3) is 0 Å². The van der Waals surface area contributed by atoms with Crippen molar-refractivity contribution in [2.75, 3.05) is 39.0 Å². The number of piperazine rings is 1. The minimum Gasteiger partial charge on any atom is -0.355 e. The van der Waals surface area contributed by atoms with Crippen molar-refractivity contribution in [3.05, 3.63) is 0 Å². The third-order valence-electron chi connectivity index (χ3n) is 3.63. The second kappa shape index (κ2) is 5.46. The van der Waals surface area contributed by atoms with Crippen LogP contribution in [-0.4, -0.2) is 68.4 Å². The molecule has 0 bridgehead atoms. The lowest BCUT2D eigenvalue weighted by Crippen LogP contribution is -2.53. The molecule has 8 heteroatoms. The van der Waals surface area contributed by atoms with Crippen molar-refractivity contribution < 1.29 is 18.0 Å². The lowest BCUT2D eigenvalue weighted by atomic mass is 9.97. The first-order valence-corrected chi connectivity index (χ1v) is 8.23. The Morgan fingerprint density at radius 1 is 1.26 bits per heavy atom. The lowest BCUT2D eigenvalue weighted by Gasteiger charge is -2.36. The molecule has 0 aromatic heterocycles. The smallest absolute Gasteiger partial charge is 0.227 e. The number of carbonyl (C=O) groups is 2. The summed E-state index contributed by atoms with van der Waals surface area (Å²) in [6.07, 6.45) is 2.15. The molecule has 19 heavy (non-hydrogen) atoms. The zero-order valence-corrected chi connectivity index (χ0v) is 11.8. The van der Waals surface area contributed by atoms with E-state index in [2.05, 4.69) is 5.32 Å². The van der Waals surface area contributed by atoms with Crippen molar-refractivity contribution in [2.45, 2.75) is 12.8 Å². The van der Waals surface area contributed by atoms with E-state index in [9.17, 15) is 18.0 Å². The predicted octanol–water partition coefficient (Wildman–Crippen LogP) is -1.38. The summed E-state index contributed by atoms with van der Waals surface area (Å²) < 4.78 is 24.1. The maximum absolute atomic E-state index is 12.2. The molecule has 0 aliphatic carbocycles. The Morgan fingerprint density at radius 2 is 1.89 bits per heavy atom. The van der Waals surface area contributed by atoms with Gasteiger partial charge in [0.15, 0.2) is 0 Å². The van der Waals surface area contributed by atoms with Crippen LogP contribution in [0.4, 0.5) is 0 Å². The fraction of sp³-hybridized carbons (Fsp3) is 0.818. The van der Waals surface area contributed by atoms with Gasteiger partial charge in [-0.2, -0.15) is 4.31 Å². The first-order valence-electron chi connectivity index (χ1n) is 6.38. The molecule has 0 radical (unpaired) electrons. The van der Waals surface area contributed by atoms with Gasteiger partial charge in [-0.25, -0.2) is 8.42 Å². The average Bonchev–Trinajstić information content (AvgIpc) is 2.38. The van der Waals surface area contributed by atoms with Gasteiger partial charge in [0.05, 0.1) is 12.2 Å². The van der Waals surface area contributed by atoms with E-state index < -0.39 is 10.0 Å². The number of hydrogen-bond acceptors (Lipinski definition) is 4. The van der Waals surface area contributed by atoms with Crippen LogP contribution in [0.15, 0.2) is 0 Å². The highest BCUT2D eigenvalue weighted by molar-refractivity contribution is 7.88. The van der Waals surface area contributed by atoms with E-state index in [1.807, 2.05) is 0 Å². The summed E-state index contributed by atoms with van der Waals surface area (Å²) in [5.74, 6) is -0.151. The summed E-state index contributed by atoms with van der Waals surface area (Å²) in [7, 11) is -3.17. The molecule has 0 spiro atoms. The maximum Gasteiger partial charge on any atom is 0.227 e. The molecule has 0 unspecified atom stereocenters. The Kier molecular flexibility index (Phi) is 4.10. The van der Waals surface area contributed by atoms with Crippen molar-refractivity contribution >= 4 is 21.8 Å². The van der Waals surface area contributed by atoms with Crippen LogP contribution in [-0.2, 0) is 19.6 Å². The van der Waals surface area contributed by atoms with Crippen molar-refractivity contribution in [2.24, 2.45) is 5.92 Å². The number of amides is 2. The molecule has 2 saturated heterocycles. The number of nitrogens with one attached hydrogen (secondary N) is 1. The zero-order chi connectivity index (χ0) is 14.0. The lowest BCUT2D eigenvalue weighted by molar-refractivity contribution is -0.138. The van der Waals surface area contributed by atoms with Crippen LogP contribution in [0.5, 0.6) is 0 Å². The molecular formula is C11H19N3O4S. The monoisotopic (exact) mass is 289 g/mol. The maximum atomic E-state index is 12.2. The highest BCUT2D eigenvalue weighted by Crippen LogP contribution is 2.16. The quantitative estimate of drug-likeness (QED) is 0.678. The Labute approximate surface area is 113 Å². The summed E-state index contributed by atoms with van der Waals surface area (Å²) >= 11 is 0. The molecule has 1 N–H and O–H groups in total. The molecule has 0 aromatic rings. The molecule has 108 valence electrons. The molecule has 2 rings (SSSR count). The molecular weight excluding hydrogens is 270 g/mol. The predicted molar refractivity (Wildman–Crippen MR) is 68.7 cm³/mol. The second-order valence-corrected chi connectivity index (χ2v) is 7.01. The summed E-state index contributed by atoms with van der Waals surface area (Å²) in [5, 5.41) is 2.69. The van der Waals surface area contributed by atoms with Crippen LogP contribution < -0.4 is 5.32 Å². The summed E-state index contributed by atoms with van der Waals surface area (Å²) in [6, 6.07) is 0. The molecule has 2 fully saturated rings. The fourth-order valence-corrected chi connectivity index (χ4v) is 3.27. The normalized spacial score (nSPS) is 26.1. The molecule has 7 nitrogen and oxygen atoms in total. The Hall–Kier alpha value is -1.15. The summed E-state index contributed by atoms with van der Waals surface area (Å²) in [4.78, 5) is 25.0. The van der Waals surface area contributed by atoms with Gasteiger partial charge in [0.2, 0.25) is 21.8 Å². The number of piperidine rings is 1. The van der Waals surface area contributed by atoms with Crippen LogP contribution in [0.1, 0.15) is 12.8 Å². The van der Waals surface area contributed by atoms with Gasteiger partial charge in [-0.05, 0) is 6.42 Å². The van der Waals surface area contributed by atoms with Gasteiger partial charge in [-0.15, -0.1) is 0 Å². The van der Waals surface area contributed by atoms with Crippen LogP contribution in [0.3, 0.4) is 0 Å². The van der Waals surface area contributed by atoms with Crippen molar-refractivity contribution in [3.8, 4) is 0 Å². The zero-order valence-electron chi connectivity index (χ0n) is 11.0. The minimum absolute atomic E-state index is 0.00838. The van der Waals surface area contributed by atoms with E-state index in [1.165, 1.54) is 10.6 Å². The van der Waals surface area contributed by atoms with Crippen LogP contribution in [0.25, 0.3) is 0 Å². The van der Waals surface area contributed by atoms with Crippen LogP contribution in [0, 0.1) is 5.92 Å².